The van der Waals surface area contributed by atoms with Crippen LogP contribution >= 0.6 is 0 Å². The van der Waals surface area contributed by atoms with Crippen LogP contribution in [0.3, 0.4) is 0 Å². The second-order valence-corrected chi connectivity index (χ2v) is 4.51. The van der Waals surface area contributed by atoms with Gasteiger partial charge in [0.15, 0.2) is 0 Å². The van der Waals surface area contributed by atoms with E-state index in [2.05, 4.69) is 11.1 Å². The van der Waals surface area contributed by atoms with Crippen molar-refractivity contribution in [1.29, 1.82) is 5.26 Å². The van der Waals surface area contributed by atoms with Crippen LogP contribution in [0.4, 0.5) is 11.4 Å². The fraction of sp³-hybridized carbons (Fsp3) is 0.200. The Labute approximate surface area is 121 Å². The molecular weight excluding hydrogens is 270 g/mol. The standard InChI is InChI=1S/C15H13N3O3/c1-20-15-10(8-16)6-11(9-17-15)18-4-5-21-14-3-2-12(19)7-13(14)18/h2-3,6-7,9,19H,4-5H2,1H3. The fourth-order valence-electron chi connectivity index (χ4n) is 2.31. The second kappa shape index (κ2) is 5.21. The highest BCUT2D eigenvalue weighted by Crippen LogP contribution is 2.39. The maximum atomic E-state index is 9.67. The van der Waals surface area contributed by atoms with E-state index in [9.17, 15) is 5.11 Å². The predicted molar refractivity (Wildman–Crippen MR) is 76.1 cm³/mol. The SMILES string of the molecule is COc1ncc(N2CCOc3ccc(O)cc32)cc1C#N. The molecule has 0 amide bonds. The van der Waals surface area contributed by atoms with Crippen LogP contribution in [0.1, 0.15) is 5.56 Å². The van der Waals surface area contributed by atoms with Gasteiger partial charge in [-0.1, -0.05) is 0 Å². The largest absolute Gasteiger partial charge is 0.508 e. The van der Waals surface area contributed by atoms with Gasteiger partial charge in [0.25, 0.3) is 0 Å². The maximum Gasteiger partial charge on any atom is 0.231 e. The number of rotatable bonds is 2. The minimum absolute atomic E-state index is 0.159. The molecule has 0 saturated carbocycles. The summed E-state index contributed by atoms with van der Waals surface area (Å²) in [6.07, 6.45) is 1.64. The van der Waals surface area contributed by atoms with Gasteiger partial charge in [-0.25, -0.2) is 4.98 Å². The molecule has 21 heavy (non-hydrogen) atoms. The number of methoxy groups -OCH3 is 1. The molecule has 1 aromatic heterocycles. The van der Waals surface area contributed by atoms with Gasteiger partial charge < -0.3 is 19.5 Å². The summed E-state index contributed by atoms with van der Waals surface area (Å²) in [6.45, 7) is 1.13. The molecule has 1 aliphatic heterocycles. The van der Waals surface area contributed by atoms with Gasteiger partial charge in [0.1, 0.15) is 29.7 Å². The molecule has 0 saturated heterocycles. The van der Waals surface area contributed by atoms with E-state index in [0.29, 0.717) is 30.3 Å². The zero-order chi connectivity index (χ0) is 14.8. The number of phenols is 1. The number of hydrogen-bond donors (Lipinski definition) is 1. The van der Waals surface area contributed by atoms with E-state index in [-0.39, 0.29) is 5.75 Å². The van der Waals surface area contributed by atoms with Gasteiger partial charge in [-0.15, -0.1) is 0 Å². The van der Waals surface area contributed by atoms with E-state index in [1.807, 2.05) is 4.90 Å². The zero-order valence-electron chi connectivity index (χ0n) is 11.4. The predicted octanol–water partition coefficient (Wildman–Crippen LogP) is 2.20. The van der Waals surface area contributed by atoms with Crippen LogP contribution in [-0.2, 0) is 0 Å². The Bertz CT molecular complexity index is 725. The average Bonchev–Trinajstić information content (AvgIpc) is 2.53. The smallest absolute Gasteiger partial charge is 0.231 e. The number of hydrogen-bond acceptors (Lipinski definition) is 6. The molecule has 1 N–H and O–H groups in total. The van der Waals surface area contributed by atoms with Gasteiger partial charge in [-0.3, -0.25) is 0 Å². The monoisotopic (exact) mass is 283 g/mol. The van der Waals surface area contributed by atoms with Crippen molar-refractivity contribution < 1.29 is 14.6 Å². The summed E-state index contributed by atoms with van der Waals surface area (Å²) in [5.41, 5.74) is 1.86. The molecule has 0 atom stereocenters. The van der Waals surface area contributed by atoms with E-state index in [1.165, 1.54) is 7.11 Å². The number of phenolic OH excluding ortho intramolecular Hbond substituents is 1. The van der Waals surface area contributed by atoms with Crippen molar-refractivity contribution in [2.45, 2.75) is 0 Å². The van der Waals surface area contributed by atoms with Gasteiger partial charge in [0, 0.05) is 6.07 Å². The lowest BCUT2D eigenvalue weighted by Gasteiger charge is -2.31. The third-order valence-corrected chi connectivity index (χ3v) is 3.27. The number of nitrogens with zero attached hydrogens (tertiary/aromatic N) is 3. The summed E-state index contributed by atoms with van der Waals surface area (Å²) in [5, 5.41) is 18.8. The first kappa shape index (κ1) is 13.1. The van der Waals surface area contributed by atoms with Crippen LogP contribution in [0.2, 0.25) is 0 Å². The molecular formula is C15H13N3O3. The van der Waals surface area contributed by atoms with Crippen LogP contribution in [0.5, 0.6) is 17.4 Å². The minimum Gasteiger partial charge on any atom is -0.508 e. The van der Waals surface area contributed by atoms with E-state index >= 15 is 0 Å². The third-order valence-electron chi connectivity index (χ3n) is 3.27. The average molecular weight is 283 g/mol. The minimum atomic E-state index is 0.159. The molecule has 0 fully saturated rings. The fourth-order valence-corrected chi connectivity index (χ4v) is 2.31. The van der Waals surface area contributed by atoms with Crippen LogP contribution in [0, 0.1) is 11.3 Å². The van der Waals surface area contributed by atoms with Crippen molar-refractivity contribution in [3.63, 3.8) is 0 Å². The molecule has 106 valence electrons. The Kier molecular flexibility index (Phi) is 3.24. The molecule has 1 aromatic carbocycles. The molecule has 2 heterocycles. The quantitative estimate of drug-likeness (QED) is 0.910. The Morgan fingerprint density at radius 3 is 3.05 bits per heavy atom. The lowest BCUT2D eigenvalue weighted by Crippen LogP contribution is -2.28. The highest BCUT2D eigenvalue weighted by Gasteiger charge is 2.21. The number of benzene rings is 1. The normalized spacial score (nSPS) is 13.0. The number of fused-ring (bicyclic) bond motifs is 1. The summed E-state index contributed by atoms with van der Waals surface area (Å²) >= 11 is 0. The lowest BCUT2D eigenvalue weighted by molar-refractivity contribution is 0.313. The van der Waals surface area contributed by atoms with Crippen molar-refractivity contribution in [2.24, 2.45) is 0 Å². The van der Waals surface area contributed by atoms with Crippen LogP contribution < -0.4 is 14.4 Å². The molecule has 2 aromatic rings. The Morgan fingerprint density at radius 1 is 1.43 bits per heavy atom. The first-order valence-corrected chi connectivity index (χ1v) is 6.40. The molecule has 3 rings (SSSR count). The van der Waals surface area contributed by atoms with Gasteiger partial charge >= 0.3 is 0 Å². The number of anilines is 2. The van der Waals surface area contributed by atoms with E-state index < -0.39 is 0 Å². The summed E-state index contributed by atoms with van der Waals surface area (Å²) < 4.78 is 10.6. The molecule has 0 unspecified atom stereocenters. The summed E-state index contributed by atoms with van der Waals surface area (Å²) in [5.74, 6) is 1.14. The van der Waals surface area contributed by atoms with Crippen molar-refractivity contribution in [3.8, 4) is 23.4 Å². The Morgan fingerprint density at radius 2 is 2.29 bits per heavy atom. The number of ether oxygens (including phenoxy) is 2. The van der Waals surface area contributed by atoms with Gasteiger partial charge in [-0.2, -0.15) is 5.26 Å². The van der Waals surface area contributed by atoms with E-state index in [1.54, 1.807) is 30.5 Å². The zero-order valence-corrected chi connectivity index (χ0v) is 11.4. The number of nitriles is 1. The highest BCUT2D eigenvalue weighted by molar-refractivity contribution is 5.72. The molecule has 1 aliphatic rings. The summed E-state index contributed by atoms with van der Waals surface area (Å²) in [6, 6.07) is 8.71. The number of aromatic hydroxyl groups is 1. The summed E-state index contributed by atoms with van der Waals surface area (Å²) in [7, 11) is 1.48. The number of aromatic nitrogens is 1. The van der Waals surface area contributed by atoms with Gasteiger partial charge in [0.05, 0.1) is 31.2 Å². The molecule has 0 bridgehead atoms. The first-order valence-electron chi connectivity index (χ1n) is 6.40. The van der Waals surface area contributed by atoms with Crippen molar-refractivity contribution in [2.75, 3.05) is 25.2 Å². The molecule has 0 radical (unpaired) electrons. The maximum absolute atomic E-state index is 9.67. The molecule has 0 spiro atoms. The van der Waals surface area contributed by atoms with Crippen molar-refractivity contribution >= 4 is 11.4 Å². The first-order chi connectivity index (χ1) is 10.2. The summed E-state index contributed by atoms with van der Waals surface area (Å²) in [4.78, 5) is 6.10. The molecule has 0 aliphatic carbocycles. The van der Waals surface area contributed by atoms with Crippen molar-refractivity contribution in [1.82, 2.24) is 4.98 Å². The highest BCUT2D eigenvalue weighted by atomic mass is 16.5. The van der Waals surface area contributed by atoms with E-state index in [4.69, 9.17) is 14.7 Å². The topological polar surface area (TPSA) is 78.6 Å². The van der Waals surface area contributed by atoms with Crippen molar-refractivity contribution in [3.05, 3.63) is 36.0 Å². The third kappa shape index (κ3) is 2.30. The van der Waals surface area contributed by atoms with Crippen LogP contribution in [0.15, 0.2) is 30.5 Å². The second-order valence-electron chi connectivity index (χ2n) is 4.51. The Hall–Kier alpha value is -2.94. The lowest BCUT2D eigenvalue weighted by atomic mass is 10.2. The number of pyridine rings is 1. The van der Waals surface area contributed by atoms with Crippen LogP contribution in [0.25, 0.3) is 0 Å². The molecule has 6 heteroatoms. The van der Waals surface area contributed by atoms with E-state index in [0.717, 1.165) is 11.4 Å². The Balaban J connectivity index is 2.07. The van der Waals surface area contributed by atoms with Gasteiger partial charge in [0.2, 0.25) is 5.88 Å². The van der Waals surface area contributed by atoms with Gasteiger partial charge in [-0.05, 0) is 18.2 Å². The molecule has 6 nitrogen and oxygen atoms in total. The van der Waals surface area contributed by atoms with Crippen LogP contribution in [-0.4, -0.2) is 30.4 Å².